The van der Waals surface area contributed by atoms with Crippen molar-refractivity contribution in [1.82, 2.24) is 5.32 Å². The molecule has 1 saturated heterocycles. The Morgan fingerprint density at radius 3 is 1.16 bits per heavy atom. The van der Waals surface area contributed by atoms with Crippen molar-refractivity contribution in [3.63, 3.8) is 0 Å². The van der Waals surface area contributed by atoms with Crippen LogP contribution in [-0.4, -0.2) is 24.7 Å². The normalized spacial score (nSPS) is 15.1. The number of hydrogen-bond acceptors (Lipinski definition) is 3. The summed E-state index contributed by atoms with van der Waals surface area (Å²) in [5, 5.41) is 3.46. The lowest BCUT2D eigenvalue weighted by Crippen LogP contribution is -2.43. The van der Waals surface area contributed by atoms with Crippen molar-refractivity contribution >= 4 is 5.97 Å². The number of carbonyl (C=O) groups excluding carboxylic acids is 1. The van der Waals surface area contributed by atoms with Crippen LogP contribution in [-0.2, 0) is 9.53 Å². The third-order valence-corrected chi connectivity index (χ3v) is 10.6. The van der Waals surface area contributed by atoms with Gasteiger partial charge < -0.3 is 10.1 Å². The van der Waals surface area contributed by atoms with E-state index >= 15 is 0 Å². The average Bonchev–Trinajstić information content (AvgIpc) is 3.02. The van der Waals surface area contributed by atoms with Gasteiger partial charge in [-0.15, -0.1) is 0 Å². The van der Waals surface area contributed by atoms with Crippen LogP contribution in [0, 0.1) is 11.8 Å². The Hall–Kier alpha value is -0.570. The maximum atomic E-state index is 13.5. The highest BCUT2D eigenvalue weighted by Crippen LogP contribution is 2.31. The van der Waals surface area contributed by atoms with Gasteiger partial charge in [-0.05, 0) is 52.6 Å². The maximum absolute atomic E-state index is 13.5. The Labute approximate surface area is 277 Å². The molecule has 1 aliphatic rings. The SMILES string of the molecule is CCCCCCCCCCCCCCCCC(CCCCCCCCCCCCCCC)C(=O)OC(C)(C)C1CCNCC1. The molecule has 0 amide bonds. The molecule has 1 fully saturated rings. The second-order valence-electron chi connectivity index (χ2n) is 15.2. The van der Waals surface area contributed by atoms with Crippen LogP contribution in [0.5, 0.6) is 0 Å². The largest absolute Gasteiger partial charge is 0.459 e. The van der Waals surface area contributed by atoms with Gasteiger partial charge in [-0.2, -0.15) is 0 Å². The molecule has 0 aromatic rings. The minimum absolute atomic E-state index is 0.0982. The average molecular weight is 620 g/mol. The van der Waals surface area contributed by atoms with Gasteiger partial charge in [0.25, 0.3) is 0 Å². The van der Waals surface area contributed by atoms with Gasteiger partial charge in [0.2, 0.25) is 0 Å². The summed E-state index contributed by atoms with van der Waals surface area (Å²) in [6.45, 7) is 11.0. The summed E-state index contributed by atoms with van der Waals surface area (Å²) in [5.41, 5.74) is -0.344. The predicted octanol–water partition coefficient (Wildman–Crippen LogP) is 13.3. The van der Waals surface area contributed by atoms with Crippen LogP contribution in [0.1, 0.15) is 227 Å². The molecule has 1 unspecified atom stereocenters. The van der Waals surface area contributed by atoms with Crippen molar-refractivity contribution in [3.8, 4) is 0 Å². The molecule has 1 atom stereocenters. The molecule has 262 valence electrons. The molecular formula is C41H81NO2. The fourth-order valence-electron chi connectivity index (χ4n) is 7.32. The third kappa shape index (κ3) is 23.7. The standard InChI is InChI=1S/C41H81NO2/c1-5-7-9-11-13-15-17-19-21-23-25-27-29-31-33-38(40(43)44-41(3,4)39-34-36-42-37-35-39)32-30-28-26-24-22-20-18-16-14-12-10-8-6-2/h38-39,42H,5-37H2,1-4H3. The Balaban J connectivity index is 2.24. The second kappa shape index (κ2) is 29.8. The Morgan fingerprint density at radius 1 is 0.545 bits per heavy atom. The molecular weight excluding hydrogens is 538 g/mol. The van der Waals surface area contributed by atoms with Crippen LogP contribution in [0.15, 0.2) is 0 Å². The van der Waals surface area contributed by atoms with Gasteiger partial charge in [0.05, 0.1) is 5.92 Å². The molecule has 3 nitrogen and oxygen atoms in total. The van der Waals surface area contributed by atoms with Crippen molar-refractivity contribution in [1.29, 1.82) is 0 Å². The number of esters is 1. The van der Waals surface area contributed by atoms with Crippen molar-refractivity contribution in [3.05, 3.63) is 0 Å². The Morgan fingerprint density at radius 2 is 0.841 bits per heavy atom. The summed E-state index contributed by atoms with van der Waals surface area (Å²) in [4.78, 5) is 13.5. The first kappa shape index (κ1) is 41.5. The van der Waals surface area contributed by atoms with Gasteiger partial charge >= 0.3 is 5.97 Å². The molecule has 0 saturated carbocycles. The van der Waals surface area contributed by atoms with Gasteiger partial charge in [-0.1, -0.05) is 187 Å². The first-order valence-electron chi connectivity index (χ1n) is 20.4. The second-order valence-corrected chi connectivity index (χ2v) is 15.2. The van der Waals surface area contributed by atoms with E-state index in [1.165, 1.54) is 173 Å². The van der Waals surface area contributed by atoms with E-state index in [0.717, 1.165) is 38.8 Å². The molecule has 1 N–H and O–H groups in total. The fraction of sp³-hybridized carbons (Fsp3) is 0.976. The number of piperidine rings is 1. The van der Waals surface area contributed by atoms with Crippen LogP contribution in [0.2, 0.25) is 0 Å². The van der Waals surface area contributed by atoms with Crippen molar-refractivity contribution in [2.24, 2.45) is 11.8 Å². The van der Waals surface area contributed by atoms with E-state index < -0.39 is 0 Å². The lowest BCUT2D eigenvalue weighted by molar-refractivity contribution is -0.168. The molecule has 3 heteroatoms. The molecule has 1 heterocycles. The Bertz CT molecular complexity index is 612. The monoisotopic (exact) mass is 620 g/mol. The Kier molecular flexibility index (Phi) is 28.1. The minimum atomic E-state index is -0.344. The third-order valence-electron chi connectivity index (χ3n) is 10.6. The number of rotatable bonds is 32. The van der Waals surface area contributed by atoms with E-state index in [-0.39, 0.29) is 17.5 Å². The van der Waals surface area contributed by atoms with Crippen molar-refractivity contribution in [2.45, 2.75) is 232 Å². The first-order chi connectivity index (χ1) is 21.5. The number of ether oxygens (including phenoxy) is 1. The molecule has 0 spiro atoms. The van der Waals surface area contributed by atoms with Crippen LogP contribution in [0.25, 0.3) is 0 Å². The number of carbonyl (C=O) groups is 1. The summed E-state index contributed by atoms with van der Waals surface area (Å²) in [7, 11) is 0. The number of nitrogens with one attached hydrogen (secondary N) is 1. The molecule has 0 aromatic carbocycles. The maximum Gasteiger partial charge on any atom is 0.309 e. The van der Waals surface area contributed by atoms with E-state index in [4.69, 9.17) is 4.74 Å². The van der Waals surface area contributed by atoms with E-state index in [0.29, 0.717) is 5.92 Å². The van der Waals surface area contributed by atoms with Gasteiger partial charge in [0.15, 0.2) is 0 Å². The van der Waals surface area contributed by atoms with Crippen molar-refractivity contribution < 1.29 is 9.53 Å². The molecule has 0 radical (unpaired) electrons. The summed E-state index contributed by atoms with van der Waals surface area (Å²) >= 11 is 0. The van der Waals surface area contributed by atoms with E-state index in [2.05, 4.69) is 33.0 Å². The van der Waals surface area contributed by atoms with Crippen LogP contribution >= 0.6 is 0 Å². The first-order valence-corrected chi connectivity index (χ1v) is 20.4. The lowest BCUT2D eigenvalue weighted by Gasteiger charge is -2.37. The van der Waals surface area contributed by atoms with Crippen LogP contribution in [0.3, 0.4) is 0 Å². The summed E-state index contributed by atoms with van der Waals surface area (Å²) in [5.74, 6) is 0.675. The zero-order valence-electron chi connectivity index (χ0n) is 30.8. The van der Waals surface area contributed by atoms with E-state index in [9.17, 15) is 4.79 Å². The van der Waals surface area contributed by atoms with Gasteiger partial charge in [-0.3, -0.25) is 4.79 Å². The van der Waals surface area contributed by atoms with Gasteiger partial charge in [0.1, 0.15) is 5.60 Å². The van der Waals surface area contributed by atoms with E-state index in [1.807, 2.05) is 0 Å². The molecule has 0 aromatic heterocycles. The highest BCUT2D eigenvalue weighted by molar-refractivity contribution is 5.72. The quantitative estimate of drug-likeness (QED) is 0.0601. The fourth-order valence-corrected chi connectivity index (χ4v) is 7.32. The van der Waals surface area contributed by atoms with Crippen LogP contribution in [0.4, 0.5) is 0 Å². The van der Waals surface area contributed by atoms with E-state index in [1.54, 1.807) is 0 Å². The predicted molar refractivity (Wildman–Crippen MR) is 194 cm³/mol. The molecule has 44 heavy (non-hydrogen) atoms. The smallest absolute Gasteiger partial charge is 0.309 e. The summed E-state index contributed by atoms with van der Waals surface area (Å²) < 4.78 is 6.31. The van der Waals surface area contributed by atoms with Gasteiger partial charge in [-0.25, -0.2) is 0 Å². The number of unbranched alkanes of at least 4 members (excludes halogenated alkanes) is 25. The zero-order chi connectivity index (χ0) is 32.0. The zero-order valence-corrected chi connectivity index (χ0v) is 30.8. The topological polar surface area (TPSA) is 38.3 Å². The minimum Gasteiger partial charge on any atom is -0.459 e. The van der Waals surface area contributed by atoms with Crippen LogP contribution < -0.4 is 5.32 Å². The van der Waals surface area contributed by atoms with Crippen molar-refractivity contribution in [2.75, 3.05) is 13.1 Å². The lowest BCUT2D eigenvalue weighted by atomic mass is 9.83. The summed E-state index contributed by atoms with van der Waals surface area (Å²) in [6.07, 6.45) is 41.5. The highest BCUT2D eigenvalue weighted by Gasteiger charge is 2.35. The summed E-state index contributed by atoms with van der Waals surface area (Å²) in [6, 6.07) is 0. The molecule has 0 aliphatic carbocycles. The highest BCUT2D eigenvalue weighted by atomic mass is 16.6. The molecule has 1 rings (SSSR count). The van der Waals surface area contributed by atoms with Gasteiger partial charge in [0, 0.05) is 5.92 Å². The number of hydrogen-bond donors (Lipinski definition) is 1. The molecule has 1 aliphatic heterocycles. The molecule has 0 bridgehead atoms.